The zero-order valence-corrected chi connectivity index (χ0v) is 10.4. The van der Waals surface area contributed by atoms with E-state index in [1.807, 2.05) is 14.0 Å². The number of nitrogens with zero attached hydrogens (tertiary/aromatic N) is 1. The second-order valence-corrected chi connectivity index (χ2v) is 4.06. The van der Waals surface area contributed by atoms with Gasteiger partial charge in [0, 0.05) is 23.9 Å². The zero-order valence-electron chi connectivity index (χ0n) is 10.4. The first-order valence-corrected chi connectivity index (χ1v) is 5.74. The summed E-state index contributed by atoms with van der Waals surface area (Å²) in [6.45, 7) is 4.08. The van der Waals surface area contributed by atoms with Gasteiger partial charge in [-0.2, -0.15) is 0 Å². The molecule has 1 N–H and O–H groups in total. The van der Waals surface area contributed by atoms with Crippen LogP contribution in [0.1, 0.15) is 42.3 Å². The highest BCUT2D eigenvalue weighted by Crippen LogP contribution is 2.21. The number of pyridine rings is 1. The highest BCUT2D eigenvalue weighted by atomic mass is 14.9. The maximum Gasteiger partial charge on any atom is 0.0423 e. The van der Waals surface area contributed by atoms with Crippen molar-refractivity contribution in [1.29, 1.82) is 0 Å². The van der Waals surface area contributed by atoms with Gasteiger partial charge in [0.05, 0.1) is 0 Å². The number of rotatable bonds is 5. The molecule has 1 aromatic heterocycles. The normalized spacial score (nSPS) is 12.1. The maximum atomic E-state index is 5.26. The van der Waals surface area contributed by atoms with E-state index in [4.69, 9.17) is 6.42 Å². The fourth-order valence-corrected chi connectivity index (χ4v) is 1.93. The monoisotopic (exact) mass is 216 g/mol. The van der Waals surface area contributed by atoms with Crippen LogP contribution in [0.5, 0.6) is 0 Å². The predicted octanol–water partition coefficient (Wildman–Crippen LogP) is 2.76. The minimum atomic E-state index is 0.362. The second-order valence-electron chi connectivity index (χ2n) is 4.06. The summed E-state index contributed by atoms with van der Waals surface area (Å²) in [5, 5.41) is 3.33. The maximum absolute atomic E-state index is 5.26. The van der Waals surface area contributed by atoms with Gasteiger partial charge in [0.15, 0.2) is 0 Å². The van der Waals surface area contributed by atoms with Crippen LogP contribution in [-0.2, 0) is 0 Å². The fourth-order valence-electron chi connectivity index (χ4n) is 1.93. The van der Waals surface area contributed by atoms with Gasteiger partial charge in [0.25, 0.3) is 0 Å². The summed E-state index contributed by atoms with van der Waals surface area (Å²) in [7, 11) is 1.99. The van der Waals surface area contributed by atoms with E-state index in [-0.39, 0.29) is 0 Å². The van der Waals surface area contributed by atoms with Crippen LogP contribution in [0.3, 0.4) is 0 Å². The molecule has 0 bridgehead atoms. The quantitative estimate of drug-likeness (QED) is 0.604. The Bertz CT molecular complexity index is 377. The SMILES string of the molecule is C#CCCCC(NC)c1ccc(C)nc1C. The van der Waals surface area contributed by atoms with Crippen LogP contribution in [-0.4, -0.2) is 12.0 Å². The summed E-state index contributed by atoms with van der Waals surface area (Å²) in [5.74, 6) is 2.68. The van der Waals surface area contributed by atoms with Gasteiger partial charge < -0.3 is 5.32 Å². The van der Waals surface area contributed by atoms with Crippen molar-refractivity contribution < 1.29 is 0 Å². The second kappa shape index (κ2) is 6.30. The van der Waals surface area contributed by atoms with Gasteiger partial charge in [-0.15, -0.1) is 12.3 Å². The molecule has 0 aliphatic heterocycles. The summed E-state index contributed by atoms with van der Waals surface area (Å²) >= 11 is 0. The van der Waals surface area contributed by atoms with Gasteiger partial charge in [-0.1, -0.05) is 6.07 Å². The number of terminal acetylenes is 1. The lowest BCUT2D eigenvalue weighted by Crippen LogP contribution is -2.18. The molecular formula is C14H20N2. The van der Waals surface area contributed by atoms with Crippen LogP contribution < -0.4 is 5.32 Å². The summed E-state index contributed by atoms with van der Waals surface area (Å²) in [5.41, 5.74) is 3.46. The Morgan fingerprint density at radius 3 is 2.75 bits per heavy atom. The third kappa shape index (κ3) is 3.36. The number of aryl methyl sites for hydroxylation is 2. The summed E-state index contributed by atoms with van der Waals surface area (Å²) in [4.78, 5) is 4.49. The molecule has 0 saturated carbocycles. The van der Waals surface area contributed by atoms with E-state index in [9.17, 15) is 0 Å². The molecule has 2 nitrogen and oxygen atoms in total. The van der Waals surface area contributed by atoms with Gasteiger partial charge >= 0.3 is 0 Å². The molecule has 0 fully saturated rings. The Morgan fingerprint density at radius 1 is 1.44 bits per heavy atom. The number of aromatic nitrogens is 1. The van der Waals surface area contributed by atoms with Crippen LogP contribution in [0.15, 0.2) is 12.1 Å². The molecule has 2 heteroatoms. The van der Waals surface area contributed by atoms with Crippen LogP contribution in [0.2, 0.25) is 0 Å². The molecule has 0 aliphatic carbocycles. The molecule has 1 rings (SSSR count). The van der Waals surface area contributed by atoms with Crippen molar-refractivity contribution in [3.63, 3.8) is 0 Å². The van der Waals surface area contributed by atoms with Gasteiger partial charge in [0.1, 0.15) is 0 Å². The largest absolute Gasteiger partial charge is 0.313 e. The zero-order chi connectivity index (χ0) is 12.0. The average molecular weight is 216 g/mol. The van der Waals surface area contributed by atoms with Crippen molar-refractivity contribution in [3.8, 4) is 12.3 Å². The topological polar surface area (TPSA) is 24.9 Å². The number of unbranched alkanes of at least 4 members (excludes halogenated alkanes) is 1. The molecule has 0 spiro atoms. The van der Waals surface area contributed by atoms with Gasteiger partial charge in [0.2, 0.25) is 0 Å². The van der Waals surface area contributed by atoms with Gasteiger partial charge in [-0.05, 0) is 45.4 Å². The molecular weight excluding hydrogens is 196 g/mol. The minimum Gasteiger partial charge on any atom is -0.313 e. The number of hydrogen-bond acceptors (Lipinski definition) is 2. The first kappa shape index (κ1) is 12.7. The highest BCUT2D eigenvalue weighted by Gasteiger charge is 2.11. The Morgan fingerprint density at radius 2 is 2.19 bits per heavy atom. The molecule has 0 aliphatic rings. The van der Waals surface area contributed by atoms with Crippen LogP contribution in [0.4, 0.5) is 0 Å². The van der Waals surface area contributed by atoms with E-state index in [1.54, 1.807) is 0 Å². The molecule has 16 heavy (non-hydrogen) atoms. The van der Waals surface area contributed by atoms with Crippen molar-refractivity contribution in [2.45, 2.75) is 39.2 Å². The molecule has 1 atom stereocenters. The van der Waals surface area contributed by atoms with E-state index in [2.05, 4.69) is 35.3 Å². The van der Waals surface area contributed by atoms with Crippen LogP contribution in [0.25, 0.3) is 0 Å². The summed E-state index contributed by atoms with van der Waals surface area (Å²) in [6, 6.07) is 4.59. The standard InChI is InChI=1S/C14H20N2/c1-5-6-7-8-14(15-4)13-10-9-11(2)16-12(13)3/h1,9-10,14-15H,6-8H2,2-4H3. The van der Waals surface area contributed by atoms with E-state index < -0.39 is 0 Å². The number of hydrogen-bond donors (Lipinski definition) is 1. The van der Waals surface area contributed by atoms with E-state index >= 15 is 0 Å². The predicted molar refractivity (Wildman–Crippen MR) is 68.2 cm³/mol. The van der Waals surface area contributed by atoms with Crippen molar-refractivity contribution in [3.05, 3.63) is 29.1 Å². The number of nitrogens with one attached hydrogen (secondary N) is 1. The lowest BCUT2D eigenvalue weighted by Gasteiger charge is -2.18. The Hall–Kier alpha value is -1.33. The molecule has 1 aromatic rings. The molecule has 0 saturated heterocycles. The first-order chi connectivity index (χ1) is 7.69. The molecule has 86 valence electrons. The third-order valence-corrected chi connectivity index (χ3v) is 2.80. The van der Waals surface area contributed by atoms with Gasteiger partial charge in [-0.3, -0.25) is 4.98 Å². The van der Waals surface area contributed by atoms with E-state index in [1.165, 1.54) is 5.56 Å². The Kier molecular flexibility index (Phi) is 5.01. The van der Waals surface area contributed by atoms with Crippen LogP contribution in [0, 0.1) is 26.2 Å². The smallest absolute Gasteiger partial charge is 0.0423 e. The van der Waals surface area contributed by atoms with Crippen molar-refractivity contribution in [2.75, 3.05) is 7.05 Å². The molecule has 0 aromatic carbocycles. The summed E-state index contributed by atoms with van der Waals surface area (Å²) < 4.78 is 0. The lowest BCUT2D eigenvalue weighted by molar-refractivity contribution is 0.527. The summed E-state index contributed by atoms with van der Waals surface area (Å²) in [6.07, 6.45) is 8.22. The molecule has 0 radical (unpaired) electrons. The highest BCUT2D eigenvalue weighted by molar-refractivity contribution is 5.25. The molecule has 0 amide bonds. The van der Waals surface area contributed by atoms with Gasteiger partial charge in [-0.25, -0.2) is 0 Å². The van der Waals surface area contributed by atoms with Crippen molar-refractivity contribution >= 4 is 0 Å². The fraction of sp³-hybridized carbons (Fsp3) is 0.500. The van der Waals surface area contributed by atoms with E-state index in [0.29, 0.717) is 6.04 Å². The Balaban J connectivity index is 2.75. The Labute approximate surface area is 98.5 Å². The molecule has 1 heterocycles. The van der Waals surface area contributed by atoms with E-state index in [0.717, 1.165) is 30.7 Å². The van der Waals surface area contributed by atoms with Crippen molar-refractivity contribution in [2.24, 2.45) is 0 Å². The minimum absolute atomic E-state index is 0.362. The molecule has 1 unspecified atom stereocenters. The average Bonchev–Trinajstić information content (AvgIpc) is 2.26. The third-order valence-electron chi connectivity index (χ3n) is 2.80. The van der Waals surface area contributed by atoms with Crippen molar-refractivity contribution in [1.82, 2.24) is 10.3 Å². The van der Waals surface area contributed by atoms with Crippen LogP contribution >= 0.6 is 0 Å². The lowest BCUT2D eigenvalue weighted by atomic mass is 10.00. The first-order valence-electron chi connectivity index (χ1n) is 5.74.